The second kappa shape index (κ2) is 11.8. The molecule has 0 atom stereocenters. The summed E-state index contributed by atoms with van der Waals surface area (Å²) in [5.41, 5.74) is 13.0. The monoisotopic (exact) mass is 699 g/mol. The minimum Gasteiger partial charge on any atom is -0.309 e. The lowest BCUT2D eigenvalue weighted by Gasteiger charge is -2.16. The predicted octanol–water partition coefficient (Wildman–Crippen LogP) is 13.7. The average molecular weight is 700 g/mol. The molecular weight excluding hydrogens is 671 g/mol. The molecule has 11 aromatic rings. The van der Waals surface area contributed by atoms with Gasteiger partial charge in [0.05, 0.1) is 57.6 Å². The van der Waals surface area contributed by atoms with Crippen molar-refractivity contribution in [2.45, 2.75) is 0 Å². The molecule has 0 unspecified atom stereocenters. The highest BCUT2D eigenvalue weighted by molar-refractivity contribution is 6.16. The Kier molecular flexibility index (Phi) is 6.61. The highest BCUT2D eigenvalue weighted by Crippen LogP contribution is 2.42. The quantitative estimate of drug-likeness (QED) is 0.163. The van der Waals surface area contributed by atoms with Crippen molar-refractivity contribution in [3.63, 3.8) is 0 Å². The van der Waals surface area contributed by atoms with E-state index in [0.29, 0.717) is 11.4 Å². The first-order chi connectivity index (χ1) is 27.2. The molecule has 0 fully saturated rings. The van der Waals surface area contributed by atoms with E-state index in [1.165, 1.54) is 32.6 Å². The maximum atomic E-state index is 7.96. The summed E-state index contributed by atoms with van der Waals surface area (Å²) in [6, 6.07) is 61.5. The third-order valence-corrected chi connectivity index (χ3v) is 11.0. The van der Waals surface area contributed by atoms with Crippen molar-refractivity contribution in [2.75, 3.05) is 0 Å². The Morgan fingerprint density at radius 3 is 1.53 bits per heavy atom. The van der Waals surface area contributed by atoms with Crippen LogP contribution in [0.4, 0.5) is 11.4 Å². The molecular formula is C50H29N5. The third-order valence-electron chi connectivity index (χ3n) is 11.0. The van der Waals surface area contributed by atoms with Crippen LogP contribution >= 0.6 is 0 Å². The van der Waals surface area contributed by atoms with Crippen LogP contribution in [-0.4, -0.2) is 13.7 Å². The first kappa shape index (κ1) is 30.7. The van der Waals surface area contributed by atoms with Crippen LogP contribution in [0.1, 0.15) is 0 Å². The summed E-state index contributed by atoms with van der Waals surface area (Å²) in [5, 5.41) is 6.96. The molecule has 0 aliphatic heterocycles. The van der Waals surface area contributed by atoms with Crippen molar-refractivity contribution in [3.05, 3.63) is 199 Å². The summed E-state index contributed by atoms with van der Waals surface area (Å²) in [7, 11) is 0. The van der Waals surface area contributed by atoms with Crippen molar-refractivity contribution in [1.82, 2.24) is 13.7 Å². The van der Waals surface area contributed by atoms with Crippen LogP contribution < -0.4 is 0 Å². The van der Waals surface area contributed by atoms with Gasteiger partial charge in [-0.2, -0.15) is 0 Å². The van der Waals surface area contributed by atoms with E-state index in [-0.39, 0.29) is 0 Å². The number of para-hydroxylation sites is 4. The fourth-order valence-electron chi connectivity index (χ4n) is 8.77. The molecule has 3 aromatic heterocycles. The molecule has 5 heteroatoms. The van der Waals surface area contributed by atoms with E-state index in [2.05, 4.69) is 163 Å². The number of fused-ring (bicyclic) bond motifs is 9. The normalized spacial score (nSPS) is 11.6. The first-order valence-electron chi connectivity index (χ1n) is 18.3. The van der Waals surface area contributed by atoms with Gasteiger partial charge in [0.25, 0.3) is 0 Å². The Bertz CT molecular complexity index is 3420. The van der Waals surface area contributed by atoms with Crippen molar-refractivity contribution in [2.24, 2.45) is 0 Å². The number of benzene rings is 8. The van der Waals surface area contributed by atoms with Crippen LogP contribution in [0.25, 0.3) is 103 Å². The number of hydrogen-bond donors (Lipinski definition) is 0. The van der Waals surface area contributed by atoms with E-state index in [9.17, 15) is 0 Å². The Morgan fingerprint density at radius 1 is 0.345 bits per heavy atom. The largest absolute Gasteiger partial charge is 0.309 e. The van der Waals surface area contributed by atoms with E-state index < -0.39 is 0 Å². The van der Waals surface area contributed by atoms with Crippen molar-refractivity contribution >= 4 is 76.8 Å². The van der Waals surface area contributed by atoms with Crippen molar-refractivity contribution in [3.8, 4) is 28.2 Å². The van der Waals surface area contributed by atoms with E-state index >= 15 is 0 Å². The molecule has 3 heterocycles. The molecule has 0 N–H and O–H groups in total. The summed E-state index contributed by atoms with van der Waals surface area (Å²) in [5.74, 6) is 0. The second-order valence-electron chi connectivity index (χ2n) is 13.9. The maximum absolute atomic E-state index is 7.96. The molecule has 0 aliphatic carbocycles. The lowest BCUT2D eigenvalue weighted by atomic mass is 10.0. The van der Waals surface area contributed by atoms with Crippen LogP contribution in [0.5, 0.6) is 0 Å². The fourth-order valence-corrected chi connectivity index (χ4v) is 8.77. The zero-order valence-electron chi connectivity index (χ0n) is 29.5. The number of nitrogens with zero attached hydrogens (tertiary/aromatic N) is 5. The SMILES string of the molecule is [C-]#[N+]c1ccc(-n2c3ccccc3c3cc([N+]#[C-])ccc32)c(-c2cccc(-n3c4ccccc4c4c(-n5c6ccccc6c6ccccc65)cccc43)c2)c1. The molecule has 254 valence electrons. The summed E-state index contributed by atoms with van der Waals surface area (Å²) in [6.45, 7) is 15.6. The molecule has 8 aromatic carbocycles. The van der Waals surface area contributed by atoms with E-state index in [4.69, 9.17) is 13.1 Å². The molecule has 0 bridgehead atoms. The van der Waals surface area contributed by atoms with Gasteiger partial charge < -0.3 is 13.7 Å². The van der Waals surface area contributed by atoms with Gasteiger partial charge in [-0.25, -0.2) is 9.69 Å². The Hall–Kier alpha value is -7.86. The molecule has 0 saturated heterocycles. The first-order valence-corrected chi connectivity index (χ1v) is 18.3. The van der Waals surface area contributed by atoms with Gasteiger partial charge in [-0.3, -0.25) is 0 Å². The second-order valence-corrected chi connectivity index (χ2v) is 13.9. The molecule has 11 rings (SSSR count). The van der Waals surface area contributed by atoms with Crippen LogP contribution in [0.2, 0.25) is 0 Å². The Morgan fingerprint density at radius 2 is 0.855 bits per heavy atom. The van der Waals surface area contributed by atoms with Gasteiger partial charge in [-0.15, -0.1) is 0 Å². The minimum atomic E-state index is 0.577. The predicted molar refractivity (Wildman–Crippen MR) is 227 cm³/mol. The van der Waals surface area contributed by atoms with Gasteiger partial charge in [-0.1, -0.05) is 103 Å². The van der Waals surface area contributed by atoms with Gasteiger partial charge in [0.2, 0.25) is 0 Å². The van der Waals surface area contributed by atoms with E-state index in [0.717, 1.165) is 61.0 Å². The van der Waals surface area contributed by atoms with Gasteiger partial charge in [-0.05, 0) is 89.3 Å². The maximum Gasteiger partial charge on any atom is 0.188 e. The van der Waals surface area contributed by atoms with Crippen molar-refractivity contribution < 1.29 is 0 Å². The van der Waals surface area contributed by atoms with Gasteiger partial charge in [0, 0.05) is 32.6 Å². The summed E-state index contributed by atoms with van der Waals surface area (Å²) >= 11 is 0. The Labute approximate surface area is 316 Å². The van der Waals surface area contributed by atoms with Crippen LogP contribution in [-0.2, 0) is 0 Å². The van der Waals surface area contributed by atoms with Crippen LogP contribution in [0.3, 0.4) is 0 Å². The minimum absolute atomic E-state index is 0.577. The molecule has 0 aliphatic rings. The number of aromatic nitrogens is 3. The fraction of sp³-hybridized carbons (Fsp3) is 0. The third kappa shape index (κ3) is 4.45. The van der Waals surface area contributed by atoms with Gasteiger partial charge in [0.1, 0.15) is 0 Å². The molecule has 0 amide bonds. The zero-order valence-corrected chi connectivity index (χ0v) is 29.5. The Balaban J connectivity index is 1.17. The smallest absolute Gasteiger partial charge is 0.188 e. The molecule has 5 nitrogen and oxygen atoms in total. The molecule has 0 spiro atoms. The van der Waals surface area contributed by atoms with Gasteiger partial charge >= 0.3 is 0 Å². The van der Waals surface area contributed by atoms with E-state index in [1.807, 2.05) is 36.4 Å². The van der Waals surface area contributed by atoms with Crippen LogP contribution in [0.15, 0.2) is 176 Å². The van der Waals surface area contributed by atoms with Gasteiger partial charge in [0.15, 0.2) is 11.4 Å². The van der Waals surface area contributed by atoms with Crippen LogP contribution in [0, 0.1) is 13.1 Å². The van der Waals surface area contributed by atoms with E-state index in [1.54, 1.807) is 0 Å². The molecule has 0 saturated carbocycles. The topological polar surface area (TPSA) is 23.5 Å². The summed E-state index contributed by atoms with van der Waals surface area (Å²) in [6.07, 6.45) is 0. The summed E-state index contributed by atoms with van der Waals surface area (Å²) < 4.78 is 7.05. The van der Waals surface area contributed by atoms with Crippen molar-refractivity contribution in [1.29, 1.82) is 0 Å². The number of hydrogen-bond acceptors (Lipinski definition) is 0. The zero-order chi connectivity index (χ0) is 36.6. The molecule has 0 radical (unpaired) electrons. The lowest BCUT2D eigenvalue weighted by molar-refractivity contribution is 1.16. The lowest BCUT2D eigenvalue weighted by Crippen LogP contribution is -1.99. The highest BCUT2D eigenvalue weighted by Gasteiger charge is 2.21. The highest BCUT2D eigenvalue weighted by atomic mass is 15.0. The standard InChI is InChI=1S/C50H29N5/c1-51-33-25-27-46(54-44-21-9-5-17-38(44)41-31-34(52-2)26-28-47(41)54)40(30-33)32-13-11-14-35(29-32)53-45-22-10-6-18-39(45)50-48(53)23-12-24-49(50)55-42-19-7-3-15-36(42)37-16-4-8-20-43(37)55/h3-31H. The summed E-state index contributed by atoms with van der Waals surface area (Å²) in [4.78, 5) is 7.58. The average Bonchev–Trinajstić information content (AvgIpc) is 3.89. The number of rotatable bonds is 4. The molecule has 55 heavy (non-hydrogen) atoms.